The third kappa shape index (κ3) is 9.56. The van der Waals surface area contributed by atoms with Crippen molar-refractivity contribution in [3.05, 3.63) is 47.3 Å². The van der Waals surface area contributed by atoms with Crippen LogP contribution in [0, 0.1) is 29.1 Å². The van der Waals surface area contributed by atoms with Crippen LogP contribution in [-0.2, 0) is 6.42 Å². The van der Waals surface area contributed by atoms with Crippen molar-refractivity contribution in [3.8, 4) is 6.07 Å². The van der Waals surface area contributed by atoms with Gasteiger partial charge >= 0.3 is 0 Å². The Morgan fingerprint density at radius 3 is 1.94 bits per heavy atom. The molecule has 34 heavy (non-hydrogen) atoms. The fourth-order valence-corrected chi connectivity index (χ4v) is 6.49. The summed E-state index contributed by atoms with van der Waals surface area (Å²) in [6.07, 6.45) is 25.1. The quantitative estimate of drug-likeness (QED) is 0.210. The van der Waals surface area contributed by atoms with Crippen LogP contribution in [0.2, 0.25) is 0 Å². The second-order valence-corrected chi connectivity index (χ2v) is 11.3. The molecule has 0 aliphatic heterocycles. The largest absolute Gasteiger partial charge is 0.196 e. The van der Waals surface area contributed by atoms with E-state index < -0.39 is 5.83 Å². The number of nitriles is 1. The van der Waals surface area contributed by atoms with Crippen LogP contribution in [0.4, 0.5) is 4.39 Å². The molecule has 2 aliphatic carbocycles. The maximum absolute atomic E-state index is 12.9. The van der Waals surface area contributed by atoms with Crippen LogP contribution in [0.1, 0.15) is 133 Å². The number of nitrogens with zero attached hydrogens (tertiary/aromatic N) is 1. The number of hydrogen-bond acceptors (Lipinski definition) is 1. The summed E-state index contributed by atoms with van der Waals surface area (Å²) >= 11 is 0. The highest BCUT2D eigenvalue weighted by Crippen LogP contribution is 2.39. The first-order valence-electron chi connectivity index (χ1n) is 14.5. The van der Waals surface area contributed by atoms with Gasteiger partial charge in [-0.2, -0.15) is 9.65 Å². The van der Waals surface area contributed by atoms with Crippen molar-refractivity contribution in [1.82, 2.24) is 0 Å². The highest BCUT2D eigenvalue weighted by molar-refractivity contribution is 5.26. The second-order valence-electron chi connectivity index (χ2n) is 11.3. The summed E-state index contributed by atoms with van der Waals surface area (Å²) < 4.78 is 12.9. The summed E-state index contributed by atoms with van der Waals surface area (Å²) in [6.45, 7) is 2.28. The predicted octanol–water partition coefficient (Wildman–Crippen LogP) is 10.2. The van der Waals surface area contributed by atoms with Crippen molar-refractivity contribution in [2.24, 2.45) is 17.8 Å². The van der Waals surface area contributed by atoms with Crippen LogP contribution in [0.25, 0.3) is 0 Å². The molecule has 0 spiro atoms. The van der Waals surface area contributed by atoms with Gasteiger partial charge in [-0.15, -0.1) is 0 Å². The van der Waals surface area contributed by atoms with E-state index in [0.29, 0.717) is 0 Å². The van der Waals surface area contributed by atoms with E-state index in [9.17, 15) is 4.39 Å². The maximum Gasteiger partial charge on any atom is 0.196 e. The first-order valence-corrected chi connectivity index (χ1v) is 14.5. The monoisotopic (exact) mass is 465 g/mol. The van der Waals surface area contributed by atoms with Gasteiger partial charge in [0.2, 0.25) is 0 Å². The zero-order valence-electron chi connectivity index (χ0n) is 21.7. The summed E-state index contributed by atoms with van der Waals surface area (Å²) in [6, 6.07) is 11.2. The summed E-state index contributed by atoms with van der Waals surface area (Å²) in [7, 11) is 0. The van der Waals surface area contributed by atoms with Crippen LogP contribution < -0.4 is 0 Å². The molecule has 2 fully saturated rings. The van der Waals surface area contributed by atoms with Gasteiger partial charge in [0.25, 0.3) is 0 Å². The lowest BCUT2D eigenvalue weighted by Crippen LogP contribution is -2.15. The van der Waals surface area contributed by atoms with Crippen LogP contribution in [0.15, 0.2) is 36.2 Å². The summed E-state index contributed by atoms with van der Waals surface area (Å²) in [5.74, 6) is 2.80. The van der Waals surface area contributed by atoms with Gasteiger partial charge in [-0.3, -0.25) is 0 Å². The van der Waals surface area contributed by atoms with Crippen molar-refractivity contribution in [2.75, 3.05) is 0 Å². The van der Waals surface area contributed by atoms with E-state index in [1.165, 1.54) is 114 Å². The van der Waals surface area contributed by atoms with Crippen LogP contribution in [-0.4, -0.2) is 0 Å². The molecule has 1 nitrogen and oxygen atoms in total. The molecule has 0 atom stereocenters. The summed E-state index contributed by atoms with van der Waals surface area (Å²) in [5.41, 5.74) is 3.10. The molecule has 0 amide bonds. The highest BCUT2D eigenvalue weighted by Gasteiger charge is 2.23. The lowest BCUT2D eigenvalue weighted by atomic mass is 9.76. The molecule has 2 aliphatic rings. The van der Waals surface area contributed by atoms with E-state index in [2.05, 4.69) is 31.2 Å². The fourth-order valence-electron chi connectivity index (χ4n) is 6.49. The van der Waals surface area contributed by atoms with Gasteiger partial charge in [0.1, 0.15) is 6.07 Å². The lowest BCUT2D eigenvalue weighted by Gasteiger charge is -2.30. The molecule has 0 N–H and O–H groups in total. The first-order chi connectivity index (χ1) is 16.7. The summed E-state index contributed by atoms with van der Waals surface area (Å²) in [5, 5.41) is 8.49. The molecular formula is C32H48FN. The molecule has 188 valence electrons. The minimum atomic E-state index is -0.617. The fraction of sp³-hybridized carbons (Fsp3) is 0.719. The van der Waals surface area contributed by atoms with Crippen molar-refractivity contribution in [2.45, 2.75) is 128 Å². The highest BCUT2D eigenvalue weighted by atomic mass is 19.1. The maximum atomic E-state index is 12.9. The van der Waals surface area contributed by atoms with Crippen molar-refractivity contribution in [1.29, 1.82) is 5.26 Å². The Kier molecular flexibility index (Phi) is 12.2. The van der Waals surface area contributed by atoms with Gasteiger partial charge < -0.3 is 0 Å². The zero-order chi connectivity index (χ0) is 24.0. The van der Waals surface area contributed by atoms with E-state index in [0.717, 1.165) is 36.5 Å². The normalized spacial score (nSPS) is 25.7. The Morgan fingerprint density at radius 2 is 1.38 bits per heavy atom. The molecule has 2 saturated carbocycles. The molecule has 0 radical (unpaired) electrons. The van der Waals surface area contributed by atoms with Crippen molar-refractivity contribution >= 4 is 0 Å². The molecular weight excluding hydrogens is 417 g/mol. The number of unbranched alkanes of at least 4 members (excludes halogenated alkanes) is 3. The van der Waals surface area contributed by atoms with Crippen LogP contribution in [0.3, 0.4) is 0 Å². The Bertz CT molecular complexity index is 742. The molecule has 0 heterocycles. The Balaban J connectivity index is 1.23. The molecule has 1 aromatic carbocycles. The number of halogens is 1. The third-order valence-electron chi connectivity index (χ3n) is 8.81. The second kappa shape index (κ2) is 15.4. The molecule has 0 unspecified atom stereocenters. The standard InChI is InChI=1S/C32H48FN/c1-2-3-4-8-27-17-21-30(22-18-27)31-23-19-28(20-24-31)10-6-5-9-26-13-15-29(16-14-26)11-7-12-32(33)25-34/h12,17-18,21-22,26,28-29,31H,2-11,13-16,19-20,23-24H2,1H3. The number of hydrogen-bond donors (Lipinski definition) is 0. The van der Waals surface area contributed by atoms with E-state index in [-0.39, 0.29) is 0 Å². The zero-order valence-corrected chi connectivity index (χ0v) is 21.7. The Hall–Kier alpha value is -1.62. The predicted molar refractivity (Wildman–Crippen MR) is 142 cm³/mol. The smallest absolute Gasteiger partial charge is 0.195 e. The van der Waals surface area contributed by atoms with Crippen LogP contribution >= 0.6 is 0 Å². The van der Waals surface area contributed by atoms with Gasteiger partial charge in [-0.1, -0.05) is 95.4 Å². The van der Waals surface area contributed by atoms with E-state index in [1.807, 2.05) is 0 Å². The van der Waals surface area contributed by atoms with Crippen molar-refractivity contribution < 1.29 is 4.39 Å². The molecule has 3 rings (SSSR count). The molecule has 0 bridgehead atoms. The Morgan fingerprint density at radius 1 is 0.824 bits per heavy atom. The van der Waals surface area contributed by atoms with E-state index >= 15 is 0 Å². The number of benzene rings is 1. The number of aryl methyl sites for hydroxylation is 1. The first kappa shape index (κ1) is 27.0. The number of rotatable bonds is 13. The van der Waals surface area contributed by atoms with Crippen molar-refractivity contribution in [3.63, 3.8) is 0 Å². The lowest BCUT2D eigenvalue weighted by molar-refractivity contribution is 0.244. The Labute approximate surface area is 209 Å². The molecule has 2 heteroatoms. The third-order valence-corrected chi connectivity index (χ3v) is 8.81. The van der Waals surface area contributed by atoms with Gasteiger partial charge in [-0.05, 0) is 92.2 Å². The van der Waals surface area contributed by atoms with Gasteiger partial charge in [0.05, 0.1) is 0 Å². The average Bonchev–Trinajstić information content (AvgIpc) is 2.88. The minimum Gasteiger partial charge on any atom is -0.195 e. The molecule has 0 aromatic heterocycles. The van der Waals surface area contributed by atoms with E-state index in [4.69, 9.17) is 5.26 Å². The topological polar surface area (TPSA) is 23.8 Å². The summed E-state index contributed by atoms with van der Waals surface area (Å²) in [4.78, 5) is 0. The minimum absolute atomic E-state index is 0.617. The number of allylic oxidation sites excluding steroid dienone is 2. The van der Waals surface area contributed by atoms with Gasteiger partial charge in [-0.25, -0.2) is 0 Å². The van der Waals surface area contributed by atoms with E-state index in [1.54, 1.807) is 11.6 Å². The molecule has 0 saturated heterocycles. The average molecular weight is 466 g/mol. The van der Waals surface area contributed by atoms with Gasteiger partial charge in [0.15, 0.2) is 5.83 Å². The molecule has 1 aromatic rings. The SMILES string of the molecule is CCCCCc1ccc(C2CCC(CCCCC3CCC(CCC=C(F)C#N)CC3)CC2)cc1. The van der Waals surface area contributed by atoms with Gasteiger partial charge in [0, 0.05) is 0 Å². The van der Waals surface area contributed by atoms with Crippen LogP contribution in [0.5, 0.6) is 0 Å².